The Morgan fingerprint density at radius 1 is 0.906 bits per heavy atom. The molecule has 0 amide bonds. The standard InChI is InChI=1S/C27H46O5/c1-15(14-28)6-5-7-16(2)22-24(31)25(32)23-18-13-21(30)20-12-17(29)8-10-26(20,3)19(18)9-11-27(22,23)4/h5,7,15-25,28-32H,6,8-14H2,1-4H3/b7-5+/t15-,16-,17+,18-,19+,20-,21-,22+,23-,24-,25-,26-,27-/m1/s1. The van der Waals surface area contributed by atoms with Crippen LogP contribution in [0.4, 0.5) is 0 Å². The van der Waals surface area contributed by atoms with E-state index in [1.165, 1.54) is 0 Å². The molecule has 0 aromatic carbocycles. The van der Waals surface area contributed by atoms with Crippen molar-refractivity contribution in [2.45, 2.75) is 97.1 Å². The van der Waals surface area contributed by atoms with Crippen LogP contribution in [0.1, 0.15) is 72.6 Å². The SMILES string of the molecule is C[C@@H](CO)C/C=C/[C@@H](C)[C@H]1[C@@H](O)[C@H](O)[C@H]2[C@@H]3C[C@@H](O)[C@H]4C[C@@H](O)CC[C@]4(C)[C@H]3CC[C@]12C. The van der Waals surface area contributed by atoms with Crippen molar-refractivity contribution in [3.8, 4) is 0 Å². The number of allylic oxidation sites excluding steroid dienone is 2. The predicted molar refractivity (Wildman–Crippen MR) is 125 cm³/mol. The molecule has 0 unspecified atom stereocenters. The Morgan fingerprint density at radius 2 is 1.59 bits per heavy atom. The summed E-state index contributed by atoms with van der Waals surface area (Å²) in [4.78, 5) is 0. The largest absolute Gasteiger partial charge is 0.396 e. The van der Waals surface area contributed by atoms with Gasteiger partial charge in [0.15, 0.2) is 0 Å². The molecule has 0 heterocycles. The van der Waals surface area contributed by atoms with Gasteiger partial charge >= 0.3 is 0 Å². The van der Waals surface area contributed by atoms with Gasteiger partial charge < -0.3 is 25.5 Å². The molecule has 32 heavy (non-hydrogen) atoms. The third-order valence-electron chi connectivity index (χ3n) is 10.7. The molecular formula is C27H46O5. The highest BCUT2D eigenvalue weighted by Crippen LogP contribution is 2.68. The van der Waals surface area contributed by atoms with Gasteiger partial charge in [-0.3, -0.25) is 0 Å². The first-order valence-electron chi connectivity index (χ1n) is 13.0. The predicted octanol–water partition coefficient (Wildman–Crippen LogP) is 3.13. The molecule has 4 aliphatic rings. The number of aliphatic hydroxyl groups excluding tert-OH is 5. The summed E-state index contributed by atoms with van der Waals surface area (Å²) in [6.07, 6.45) is 7.99. The van der Waals surface area contributed by atoms with E-state index in [2.05, 4.69) is 32.9 Å². The normalized spacial score (nSPS) is 52.8. The van der Waals surface area contributed by atoms with Gasteiger partial charge in [0, 0.05) is 6.61 Å². The molecule has 0 aliphatic heterocycles. The molecular weight excluding hydrogens is 404 g/mol. The minimum Gasteiger partial charge on any atom is -0.396 e. The van der Waals surface area contributed by atoms with Crippen molar-refractivity contribution in [1.82, 2.24) is 0 Å². The third-order valence-corrected chi connectivity index (χ3v) is 10.7. The monoisotopic (exact) mass is 450 g/mol. The summed E-state index contributed by atoms with van der Waals surface area (Å²) >= 11 is 0. The van der Waals surface area contributed by atoms with Crippen LogP contribution in [0.25, 0.3) is 0 Å². The topological polar surface area (TPSA) is 101 Å². The van der Waals surface area contributed by atoms with Gasteiger partial charge in [0.1, 0.15) is 0 Å². The van der Waals surface area contributed by atoms with Crippen LogP contribution in [0.3, 0.4) is 0 Å². The van der Waals surface area contributed by atoms with E-state index in [9.17, 15) is 25.5 Å². The zero-order chi connectivity index (χ0) is 23.4. The molecule has 4 saturated carbocycles. The van der Waals surface area contributed by atoms with Gasteiger partial charge in [-0.05, 0) is 97.2 Å². The summed E-state index contributed by atoms with van der Waals surface area (Å²) in [6.45, 7) is 8.93. The van der Waals surface area contributed by atoms with Crippen molar-refractivity contribution in [2.24, 2.45) is 52.3 Å². The van der Waals surface area contributed by atoms with Gasteiger partial charge in [0.25, 0.3) is 0 Å². The fourth-order valence-corrected chi connectivity index (χ4v) is 9.04. The first-order chi connectivity index (χ1) is 15.0. The fourth-order valence-electron chi connectivity index (χ4n) is 9.04. The molecule has 0 spiro atoms. The quantitative estimate of drug-likeness (QED) is 0.414. The second-order valence-corrected chi connectivity index (χ2v) is 12.5. The molecule has 0 radical (unpaired) electrons. The van der Waals surface area contributed by atoms with Crippen LogP contribution in [0, 0.1) is 52.3 Å². The second-order valence-electron chi connectivity index (χ2n) is 12.5. The first-order valence-corrected chi connectivity index (χ1v) is 13.0. The van der Waals surface area contributed by atoms with Crippen LogP contribution in [-0.2, 0) is 0 Å². The highest BCUT2D eigenvalue weighted by Gasteiger charge is 2.67. The Morgan fingerprint density at radius 3 is 2.28 bits per heavy atom. The van der Waals surface area contributed by atoms with E-state index in [-0.39, 0.29) is 59.0 Å². The Balaban J connectivity index is 1.59. The van der Waals surface area contributed by atoms with E-state index in [0.29, 0.717) is 18.8 Å². The molecule has 5 nitrogen and oxygen atoms in total. The number of hydrogen-bond acceptors (Lipinski definition) is 5. The van der Waals surface area contributed by atoms with Crippen molar-refractivity contribution in [2.75, 3.05) is 6.61 Å². The zero-order valence-corrected chi connectivity index (χ0v) is 20.4. The Hall–Kier alpha value is -0.460. The number of fused-ring (bicyclic) bond motifs is 5. The van der Waals surface area contributed by atoms with Gasteiger partial charge in [-0.15, -0.1) is 0 Å². The lowest BCUT2D eigenvalue weighted by molar-refractivity contribution is -0.181. The summed E-state index contributed by atoms with van der Waals surface area (Å²) in [6, 6.07) is 0. The van der Waals surface area contributed by atoms with Crippen molar-refractivity contribution in [3.05, 3.63) is 12.2 Å². The molecule has 0 aromatic heterocycles. The fraction of sp³-hybridized carbons (Fsp3) is 0.926. The number of aliphatic hydroxyl groups is 5. The van der Waals surface area contributed by atoms with E-state index in [0.717, 1.165) is 32.1 Å². The van der Waals surface area contributed by atoms with Gasteiger partial charge in [-0.1, -0.05) is 39.8 Å². The summed E-state index contributed by atoms with van der Waals surface area (Å²) in [5, 5.41) is 53.3. The van der Waals surface area contributed by atoms with E-state index in [4.69, 9.17) is 0 Å². The van der Waals surface area contributed by atoms with E-state index < -0.39 is 18.3 Å². The molecule has 4 aliphatic carbocycles. The minimum atomic E-state index is -0.758. The van der Waals surface area contributed by atoms with Crippen LogP contribution in [0.5, 0.6) is 0 Å². The lowest BCUT2D eigenvalue weighted by Crippen LogP contribution is -2.59. The van der Waals surface area contributed by atoms with Crippen LogP contribution in [-0.4, -0.2) is 56.6 Å². The van der Waals surface area contributed by atoms with E-state index in [1.54, 1.807) is 0 Å². The van der Waals surface area contributed by atoms with Crippen molar-refractivity contribution < 1.29 is 25.5 Å². The average molecular weight is 451 g/mol. The summed E-state index contributed by atoms with van der Waals surface area (Å²) in [5.74, 6) is 1.11. The van der Waals surface area contributed by atoms with Gasteiger partial charge in [-0.25, -0.2) is 0 Å². The Kier molecular flexibility index (Phi) is 6.90. The Labute approximate surface area is 193 Å². The summed E-state index contributed by atoms with van der Waals surface area (Å²) in [7, 11) is 0. The van der Waals surface area contributed by atoms with Crippen molar-refractivity contribution >= 4 is 0 Å². The second kappa shape index (κ2) is 8.96. The lowest BCUT2D eigenvalue weighted by Gasteiger charge is -2.62. The maximum atomic E-state index is 11.3. The maximum absolute atomic E-state index is 11.3. The molecule has 0 saturated heterocycles. The van der Waals surface area contributed by atoms with Crippen LogP contribution in [0.2, 0.25) is 0 Å². The Bertz CT molecular complexity index is 696. The van der Waals surface area contributed by atoms with Gasteiger partial charge in [0.05, 0.1) is 24.4 Å². The molecule has 13 atom stereocenters. The molecule has 0 aromatic rings. The minimum absolute atomic E-state index is 0.00238. The molecule has 0 bridgehead atoms. The lowest BCUT2D eigenvalue weighted by atomic mass is 9.43. The van der Waals surface area contributed by atoms with Gasteiger partial charge in [-0.2, -0.15) is 0 Å². The molecule has 4 fully saturated rings. The first kappa shape index (κ1) is 24.7. The zero-order valence-electron chi connectivity index (χ0n) is 20.4. The van der Waals surface area contributed by atoms with Crippen molar-refractivity contribution in [1.29, 1.82) is 0 Å². The van der Waals surface area contributed by atoms with Gasteiger partial charge in [0.2, 0.25) is 0 Å². The molecule has 5 heteroatoms. The highest BCUT2D eigenvalue weighted by atomic mass is 16.3. The third kappa shape index (κ3) is 3.80. The van der Waals surface area contributed by atoms with Crippen LogP contribution < -0.4 is 0 Å². The highest BCUT2D eigenvalue weighted by molar-refractivity contribution is 5.17. The summed E-state index contributed by atoms with van der Waals surface area (Å²) < 4.78 is 0. The average Bonchev–Trinajstić information content (AvgIpc) is 2.94. The molecule has 4 rings (SSSR count). The van der Waals surface area contributed by atoms with Crippen LogP contribution >= 0.6 is 0 Å². The van der Waals surface area contributed by atoms with Crippen LogP contribution in [0.15, 0.2) is 12.2 Å². The number of rotatable bonds is 5. The van der Waals surface area contributed by atoms with Crippen molar-refractivity contribution in [3.63, 3.8) is 0 Å². The van der Waals surface area contributed by atoms with E-state index in [1.807, 2.05) is 6.92 Å². The maximum Gasteiger partial charge on any atom is 0.0841 e. The smallest absolute Gasteiger partial charge is 0.0841 e. The molecule has 184 valence electrons. The summed E-state index contributed by atoms with van der Waals surface area (Å²) in [5.41, 5.74) is -0.166. The van der Waals surface area contributed by atoms with E-state index >= 15 is 0 Å². The number of hydrogen-bond donors (Lipinski definition) is 5. The molecule has 5 N–H and O–H groups in total.